The minimum absolute atomic E-state index is 0.0789. The fraction of sp³-hybridized carbons (Fsp3) is 0.348. The Morgan fingerprint density at radius 1 is 1.28 bits per heavy atom. The fourth-order valence-corrected chi connectivity index (χ4v) is 4.20. The van der Waals surface area contributed by atoms with Crippen molar-refractivity contribution in [2.24, 2.45) is 0 Å². The number of benzene rings is 2. The van der Waals surface area contributed by atoms with E-state index in [1.54, 1.807) is 34.9 Å². The van der Waals surface area contributed by atoms with E-state index in [1.807, 2.05) is 13.8 Å². The van der Waals surface area contributed by atoms with E-state index in [2.05, 4.69) is 10.3 Å². The lowest BCUT2D eigenvalue weighted by molar-refractivity contribution is -0.119. The van der Waals surface area contributed by atoms with Crippen molar-refractivity contribution in [2.75, 3.05) is 19.0 Å². The number of hydrogen-bond donors (Lipinski definition) is 1. The van der Waals surface area contributed by atoms with E-state index in [1.165, 1.54) is 23.9 Å². The van der Waals surface area contributed by atoms with Crippen LogP contribution in [0.2, 0.25) is 5.02 Å². The van der Waals surface area contributed by atoms with Crippen LogP contribution in [0, 0.1) is 5.82 Å². The molecule has 1 unspecified atom stereocenters. The number of fused-ring (bicyclic) bond motifs is 1. The molecule has 1 atom stereocenters. The van der Waals surface area contributed by atoms with Crippen molar-refractivity contribution in [1.29, 1.82) is 0 Å². The van der Waals surface area contributed by atoms with Gasteiger partial charge in [0.25, 0.3) is 5.56 Å². The Bertz CT molecular complexity index is 1140. The van der Waals surface area contributed by atoms with Crippen LogP contribution in [0.3, 0.4) is 0 Å². The summed E-state index contributed by atoms with van der Waals surface area (Å²) in [5.41, 5.74) is 1.12. The first-order chi connectivity index (χ1) is 15.4. The largest absolute Gasteiger partial charge is 0.382 e. The summed E-state index contributed by atoms with van der Waals surface area (Å²) in [5.74, 6) is -0.462. The van der Waals surface area contributed by atoms with Crippen LogP contribution in [0.15, 0.2) is 52.4 Å². The number of aromatic nitrogens is 2. The Morgan fingerprint density at radius 3 is 2.75 bits per heavy atom. The minimum atomic E-state index is -0.326. The summed E-state index contributed by atoms with van der Waals surface area (Å²) in [5, 5.41) is 4.30. The zero-order valence-electron chi connectivity index (χ0n) is 17.9. The number of nitrogens with zero attached hydrogens (tertiary/aromatic N) is 2. The molecule has 1 heterocycles. The molecule has 0 bridgehead atoms. The van der Waals surface area contributed by atoms with Gasteiger partial charge in [0, 0.05) is 24.8 Å². The quantitative estimate of drug-likeness (QED) is 0.263. The SMILES string of the molecule is CCOCCCn1c(SCC(=O)NC(C)c2ccc(F)cc2)nc2cc(Cl)ccc2c1=O. The maximum absolute atomic E-state index is 13.1. The molecule has 32 heavy (non-hydrogen) atoms. The molecule has 3 rings (SSSR count). The average Bonchev–Trinajstić information content (AvgIpc) is 2.76. The first-order valence-electron chi connectivity index (χ1n) is 10.3. The smallest absolute Gasteiger partial charge is 0.262 e. The van der Waals surface area contributed by atoms with Gasteiger partial charge in [-0.2, -0.15) is 0 Å². The average molecular weight is 478 g/mol. The molecule has 9 heteroatoms. The number of halogens is 2. The molecule has 2 aromatic carbocycles. The second kappa shape index (κ2) is 11.4. The summed E-state index contributed by atoms with van der Waals surface area (Å²) in [6.07, 6.45) is 0.649. The van der Waals surface area contributed by atoms with Crippen LogP contribution in [0.4, 0.5) is 4.39 Å². The number of rotatable bonds is 10. The third-order valence-electron chi connectivity index (χ3n) is 4.84. The van der Waals surface area contributed by atoms with Crippen molar-refractivity contribution < 1.29 is 13.9 Å². The van der Waals surface area contributed by atoms with Gasteiger partial charge in [-0.25, -0.2) is 9.37 Å². The number of carbonyl (C=O) groups is 1. The number of hydrogen-bond acceptors (Lipinski definition) is 5. The van der Waals surface area contributed by atoms with Crippen molar-refractivity contribution in [3.63, 3.8) is 0 Å². The van der Waals surface area contributed by atoms with Crippen LogP contribution in [0.5, 0.6) is 0 Å². The fourth-order valence-electron chi connectivity index (χ4n) is 3.20. The molecule has 0 aliphatic heterocycles. The van der Waals surface area contributed by atoms with Gasteiger partial charge in [-0.15, -0.1) is 0 Å². The highest BCUT2D eigenvalue weighted by Crippen LogP contribution is 2.21. The number of amides is 1. The van der Waals surface area contributed by atoms with Crippen LogP contribution >= 0.6 is 23.4 Å². The lowest BCUT2D eigenvalue weighted by Crippen LogP contribution is -2.29. The lowest BCUT2D eigenvalue weighted by atomic mass is 10.1. The van der Waals surface area contributed by atoms with Gasteiger partial charge in [0.15, 0.2) is 5.16 Å². The maximum atomic E-state index is 13.1. The van der Waals surface area contributed by atoms with Gasteiger partial charge >= 0.3 is 0 Å². The van der Waals surface area contributed by atoms with E-state index in [4.69, 9.17) is 16.3 Å². The van der Waals surface area contributed by atoms with Gasteiger partial charge in [0.05, 0.1) is 22.7 Å². The molecule has 1 aromatic heterocycles. The van der Waals surface area contributed by atoms with Gasteiger partial charge in [0.2, 0.25) is 5.91 Å². The van der Waals surface area contributed by atoms with E-state index in [-0.39, 0.29) is 29.1 Å². The van der Waals surface area contributed by atoms with Crippen molar-refractivity contribution in [3.8, 4) is 0 Å². The van der Waals surface area contributed by atoms with Crippen LogP contribution in [-0.4, -0.2) is 34.4 Å². The van der Waals surface area contributed by atoms with Crippen LogP contribution in [-0.2, 0) is 16.1 Å². The predicted molar refractivity (Wildman–Crippen MR) is 126 cm³/mol. The summed E-state index contributed by atoms with van der Waals surface area (Å²) >= 11 is 7.26. The summed E-state index contributed by atoms with van der Waals surface area (Å²) in [7, 11) is 0. The van der Waals surface area contributed by atoms with E-state index in [0.717, 1.165) is 5.56 Å². The highest BCUT2D eigenvalue weighted by molar-refractivity contribution is 7.99. The van der Waals surface area contributed by atoms with Crippen LogP contribution in [0.1, 0.15) is 31.9 Å². The Kier molecular flexibility index (Phi) is 8.67. The normalized spacial score (nSPS) is 12.1. The van der Waals surface area contributed by atoms with Gasteiger partial charge in [0.1, 0.15) is 5.82 Å². The number of thioether (sulfide) groups is 1. The van der Waals surface area contributed by atoms with E-state index in [0.29, 0.717) is 47.3 Å². The monoisotopic (exact) mass is 477 g/mol. The molecule has 0 saturated carbocycles. The molecular formula is C23H25ClFN3O3S. The van der Waals surface area contributed by atoms with Gasteiger partial charge < -0.3 is 10.1 Å². The van der Waals surface area contributed by atoms with Gasteiger partial charge in [-0.1, -0.05) is 35.5 Å². The molecule has 170 valence electrons. The third kappa shape index (κ3) is 6.31. The summed E-state index contributed by atoms with van der Waals surface area (Å²) < 4.78 is 20.1. The third-order valence-corrected chi connectivity index (χ3v) is 6.05. The van der Waals surface area contributed by atoms with E-state index >= 15 is 0 Å². The van der Waals surface area contributed by atoms with Crippen molar-refractivity contribution in [2.45, 2.75) is 38.0 Å². The first-order valence-corrected chi connectivity index (χ1v) is 11.7. The number of carbonyl (C=O) groups excluding carboxylic acids is 1. The maximum Gasteiger partial charge on any atom is 0.262 e. The molecule has 6 nitrogen and oxygen atoms in total. The second-order valence-corrected chi connectivity index (χ2v) is 8.57. The van der Waals surface area contributed by atoms with Crippen molar-refractivity contribution in [1.82, 2.24) is 14.9 Å². The summed E-state index contributed by atoms with van der Waals surface area (Å²) in [6.45, 7) is 5.31. The van der Waals surface area contributed by atoms with Crippen LogP contribution < -0.4 is 10.9 Å². The lowest BCUT2D eigenvalue weighted by Gasteiger charge is -2.16. The minimum Gasteiger partial charge on any atom is -0.382 e. The molecule has 0 fully saturated rings. The van der Waals surface area contributed by atoms with Crippen LogP contribution in [0.25, 0.3) is 10.9 Å². The summed E-state index contributed by atoms with van der Waals surface area (Å²) in [6, 6.07) is 10.7. The Hall–Kier alpha value is -2.42. The molecule has 0 aliphatic rings. The number of ether oxygens (including phenoxy) is 1. The predicted octanol–water partition coefficient (Wildman–Crippen LogP) is 4.59. The molecule has 0 aliphatic carbocycles. The zero-order valence-corrected chi connectivity index (χ0v) is 19.5. The number of nitrogens with one attached hydrogen (secondary N) is 1. The van der Waals surface area contributed by atoms with Crippen molar-refractivity contribution >= 4 is 40.2 Å². The zero-order chi connectivity index (χ0) is 23.1. The second-order valence-electron chi connectivity index (χ2n) is 7.19. The Balaban J connectivity index is 1.75. The highest BCUT2D eigenvalue weighted by atomic mass is 35.5. The topological polar surface area (TPSA) is 73.2 Å². The molecule has 3 aromatic rings. The molecule has 1 N–H and O–H groups in total. The highest BCUT2D eigenvalue weighted by Gasteiger charge is 2.15. The Labute approximate surface area is 195 Å². The van der Waals surface area contributed by atoms with E-state index in [9.17, 15) is 14.0 Å². The standard InChI is InChI=1S/C23H25ClFN3O3S/c1-3-31-12-4-11-28-22(30)19-10-7-17(24)13-20(19)27-23(28)32-14-21(29)26-15(2)16-5-8-18(25)9-6-16/h5-10,13,15H,3-4,11-12,14H2,1-2H3,(H,26,29). The molecule has 0 saturated heterocycles. The van der Waals surface area contributed by atoms with Crippen molar-refractivity contribution in [3.05, 3.63) is 69.2 Å². The van der Waals surface area contributed by atoms with Gasteiger partial charge in [-0.3, -0.25) is 14.2 Å². The molecule has 0 spiro atoms. The molecule has 1 amide bonds. The summed E-state index contributed by atoms with van der Waals surface area (Å²) in [4.78, 5) is 30.2. The van der Waals surface area contributed by atoms with E-state index < -0.39 is 0 Å². The first kappa shape index (κ1) is 24.2. The van der Waals surface area contributed by atoms with Gasteiger partial charge in [-0.05, 0) is 56.2 Å². The molecule has 0 radical (unpaired) electrons. The Morgan fingerprint density at radius 2 is 2.03 bits per heavy atom. The molecular weight excluding hydrogens is 453 g/mol.